The van der Waals surface area contributed by atoms with Gasteiger partial charge in [0, 0.05) is 5.69 Å². The standard InChI is InChI=1S/C12H13N3O4S2/c1-2-19-12(16)10-11(20-7-14-10)15-21(17,18)9-5-3-8(13)4-6-9/h3-7,15H,2,13H2,1H3. The van der Waals surface area contributed by atoms with Crippen molar-refractivity contribution in [2.45, 2.75) is 11.8 Å². The summed E-state index contributed by atoms with van der Waals surface area (Å²) in [5.74, 6) is -0.672. The second-order valence-corrected chi connectivity index (χ2v) is 6.46. The molecule has 1 aromatic carbocycles. The maximum Gasteiger partial charge on any atom is 0.360 e. The van der Waals surface area contributed by atoms with Crippen LogP contribution in [0.4, 0.5) is 10.7 Å². The van der Waals surface area contributed by atoms with Gasteiger partial charge in [-0.05, 0) is 31.2 Å². The Balaban J connectivity index is 2.27. The zero-order valence-electron chi connectivity index (χ0n) is 11.1. The molecule has 3 N–H and O–H groups in total. The number of thiazole rings is 1. The number of sulfonamides is 1. The van der Waals surface area contributed by atoms with E-state index in [0.717, 1.165) is 11.3 Å². The summed E-state index contributed by atoms with van der Waals surface area (Å²) >= 11 is 1.00. The zero-order chi connectivity index (χ0) is 15.5. The van der Waals surface area contributed by atoms with E-state index in [2.05, 4.69) is 9.71 Å². The molecule has 7 nitrogen and oxygen atoms in total. The van der Waals surface area contributed by atoms with Crippen LogP contribution in [-0.4, -0.2) is 26.0 Å². The lowest BCUT2D eigenvalue weighted by molar-refractivity contribution is 0.0521. The van der Waals surface area contributed by atoms with E-state index in [1.165, 1.54) is 29.8 Å². The minimum atomic E-state index is -3.81. The van der Waals surface area contributed by atoms with Crippen LogP contribution in [0.15, 0.2) is 34.7 Å². The fraction of sp³-hybridized carbons (Fsp3) is 0.167. The molecule has 112 valence electrons. The molecule has 9 heteroatoms. The molecule has 0 radical (unpaired) electrons. The molecule has 2 aromatic rings. The third-order valence-electron chi connectivity index (χ3n) is 2.45. The van der Waals surface area contributed by atoms with Crippen LogP contribution in [0.2, 0.25) is 0 Å². The monoisotopic (exact) mass is 327 g/mol. The van der Waals surface area contributed by atoms with Gasteiger partial charge in [0.1, 0.15) is 5.00 Å². The summed E-state index contributed by atoms with van der Waals surface area (Å²) in [5, 5.41) is 0.116. The number of nitrogens with zero attached hydrogens (tertiary/aromatic N) is 1. The van der Waals surface area contributed by atoms with Crippen molar-refractivity contribution in [1.29, 1.82) is 0 Å². The number of nitrogen functional groups attached to an aromatic ring is 1. The number of carbonyl (C=O) groups excluding carboxylic acids is 1. The van der Waals surface area contributed by atoms with Gasteiger partial charge in [-0.2, -0.15) is 0 Å². The summed E-state index contributed by atoms with van der Waals surface area (Å²) in [4.78, 5) is 15.5. The predicted octanol–water partition coefficient (Wildman–Crippen LogP) is 1.70. The minimum Gasteiger partial charge on any atom is -0.461 e. The quantitative estimate of drug-likeness (QED) is 0.638. The fourth-order valence-electron chi connectivity index (χ4n) is 1.49. The first kappa shape index (κ1) is 15.3. The van der Waals surface area contributed by atoms with Gasteiger partial charge in [-0.1, -0.05) is 0 Å². The summed E-state index contributed by atoms with van der Waals surface area (Å²) < 4.78 is 31.6. The topological polar surface area (TPSA) is 111 Å². The molecule has 0 saturated heterocycles. The van der Waals surface area contributed by atoms with Crippen molar-refractivity contribution < 1.29 is 17.9 Å². The van der Waals surface area contributed by atoms with Gasteiger partial charge in [-0.3, -0.25) is 4.72 Å². The van der Waals surface area contributed by atoms with E-state index in [1.54, 1.807) is 6.92 Å². The van der Waals surface area contributed by atoms with Crippen molar-refractivity contribution in [2.24, 2.45) is 0 Å². The maximum absolute atomic E-state index is 12.2. The highest BCUT2D eigenvalue weighted by atomic mass is 32.2. The first-order valence-electron chi connectivity index (χ1n) is 5.93. The van der Waals surface area contributed by atoms with Gasteiger partial charge in [-0.25, -0.2) is 18.2 Å². The lowest BCUT2D eigenvalue weighted by atomic mass is 10.3. The second kappa shape index (κ2) is 6.10. The van der Waals surface area contributed by atoms with E-state index >= 15 is 0 Å². The Kier molecular flexibility index (Phi) is 4.43. The Labute approximate surface area is 125 Å². The van der Waals surface area contributed by atoms with Crippen LogP contribution >= 0.6 is 11.3 Å². The summed E-state index contributed by atoms with van der Waals surface area (Å²) in [6.45, 7) is 1.84. The number of ether oxygens (including phenoxy) is 1. The number of benzene rings is 1. The number of aromatic nitrogens is 1. The zero-order valence-corrected chi connectivity index (χ0v) is 12.7. The highest BCUT2D eigenvalue weighted by Crippen LogP contribution is 2.25. The smallest absolute Gasteiger partial charge is 0.360 e. The average Bonchev–Trinajstić information content (AvgIpc) is 2.87. The Hall–Kier alpha value is -2.13. The lowest BCUT2D eigenvalue weighted by Crippen LogP contribution is -2.15. The molecule has 0 bridgehead atoms. The van der Waals surface area contributed by atoms with Crippen molar-refractivity contribution >= 4 is 38.0 Å². The molecule has 0 aliphatic rings. The number of hydrogen-bond donors (Lipinski definition) is 2. The van der Waals surface area contributed by atoms with Crippen molar-refractivity contribution in [1.82, 2.24) is 4.98 Å². The van der Waals surface area contributed by atoms with E-state index in [9.17, 15) is 13.2 Å². The molecule has 0 aliphatic heterocycles. The number of carbonyl (C=O) groups is 1. The Morgan fingerprint density at radius 2 is 2.05 bits per heavy atom. The molecular formula is C12H13N3O4S2. The Morgan fingerprint density at radius 3 is 2.67 bits per heavy atom. The number of nitrogens with one attached hydrogen (secondary N) is 1. The molecule has 0 amide bonds. The van der Waals surface area contributed by atoms with Gasteiger partial charge in [0.2, 0.25) is 0 Å². The molecule has 0 fully saturated rings. The van der Waals surface area contributed by atoms with Gasteiger partial charge < -0.3 is 10.5 Å². The normalized spacial score (nSPS) is 11.1. The molecule has 0 saturated carbocycles. The van der Waals surface area contributed by atoms with E-state index in [4.69, 9.17) is 10.5 Å². The van der Waals surface area contributed by atoms with Crippen molar-refractivity contribution in [3.63, 3.8) is 0 Å². The highest BCUT2D eigenvalue weighted by molar-refractivity contribution is 7.93. The summed E-state index contributed by atoms with van der Waals surface area (Å²) in [6, 6.07) is 5.71. The molecule has 21 heavy (non-hydrogen) atoms. The highest BCUT2D eigenvalue weighted by Gasteiger charge is 2.21. The van der Waals surface area contributed by atoms with E-state index in [1.807, 2.05) is 0 Å². The van der Waals surface area contributed by atoms with Crippen molar-refractivity contribution in [3.05, 3.63) is 35.5 Å². The molecule has 2 rings (SSSR count). The van der Waals surface area contributed by atoms with Crippen LogP contribution in [0.5, 0.6) is 0 Å². The van der Waals surface area contributed by atoms with Gasteiger partial charge in [0.05, 0.1) is 17.0 Å². The fourth-order valence-corrected chi connectivity index (χ4v) is 3.48. The largest absolute Gasteiger partial charge is 0.461 e. The second-order valence-electron chi connectivity index (χ2n) is 3.93. The third-order valence-corrected chi connectivity index (χ3v) is 4.69. The first-order valence-corrected chi connectivity index (χ1v) is 8.29. The van der Waals surface area contributed by atoms with E-state index in [-0.39, 0.29) is 22.2 Å². The van der Waals surface area contributed by atoms with Crippen LogP contribution in [0.3, 0.4) is 0 Å². The molecule has 0 atom stereocenters. The van der Waals surface area contributed by atoms with Gasteiger partial charge in [0.25, 0.3) is 10.0 Å². The Morgan fingerprint density at radius 1 is 1.38 bits per heavy atom. The van der Waals surface area contributed by atoms with Crippen LogP contribution in [0.1, 0.15) is 17.4 Å². The molecule has 0 unspecified atom stereocenters. The van der Waals surface area contributed by atoms with Crippen LogP contribution in [0, 0.1) is 0 Å². The SMILES string of the molecule is CCOC(=O)c1ncsc1NS(=O)(=O)c1ccc(N)cc1. The number of rotatable bonds is 5. The molecule has 1 aromatic heterocycles. The van der Waals surface area contributed by atoms with Crippen LogP contribution < -0.4 is 10.5 Å². The van der Waals surface area contributed by atoms with Gasteiger partial charge >= 0.3 is 5.97 Å². The molecule has 0 aliphatic carbocycles. The summed E-state index contributed by atoms with van der Waals surface area (Å²) in [7, 11) is -3.81. The maximum atomic E-state index is 12.2. The number of nitrogens with two attached hydrogens (primary N) is 1. The van der Waals surface area contributed by atoms with Gasteiger partial charge in [0.15, 0.2) is 5.69 Å². The van der Waals surface area contributed by atoms with Crippen molar-refractivity contribution in [3.8, 4) is 0 Å². The van der Waals surface area contributed by atoms with Gasteiger partial charge in [-0.15, -0.1) is 11.3 Å². The molecule has 1 heterocycles. The third kappa shape index (κ3) is 3.50. The number of esters is 1. The minimum absolute atomic E-state index is 0.0416. The van der Waals surface area contributed by atoms with E-state index in [0.29, 0.717) is 5.69 Å². The van der Waals surface area contributed by atoms with Crippen LogP contribution in [0.25, 0.3) is 0 Å². The average molecular weight is 327 g/mol. The first-order chi connectivity index (χ1) is 9.94. The predicted molar refractivity (Wildman–Crippen MR) is 79.7 cm³/mol. The van der Waals surface area contributed by atoms with E-state index < -0.39 is 16.0 Å². The molecule has 0 spiro atoms. The number of anilines is 2. The molecular weight excluding hydrogens is 314 g/mol. The Bertz CT molecular complexity index is 738. The lowest BCUT2D eigenvalue weighted by Gasteiger charge is -2.07. The van der Waals surface area contributed by atoms with Crippen LogP contribution in [-0.2, 0) is 14.8 Å². The summed E-state index contributed by atoms with van der Waals surface area (Å²) in [5.41, 5.74) is 7.29. The number of hydrogen-bond acceptors (Lipinski definition) is 7. The summed E-state index contributed by atoms with van der Waals surface area (Å²) in [6.07, 6.45) is 0. The van der Waals surface area contributed by atoms with Crippen molar-refractivity contribution in [2.75, 3.05) is 17.1 Å².